The number of aryl methyl sites for hydroxylation is 2. The Morgan fingerprint density at radius 1 is 0.900 bits per heavy atom. The Hall–Kier alpha value is -3.92. The van der Waals surface area contributed by atoms with Gasteiger partial charge < -0.3 is 29.9 Å². The number of para-hydroxylation sites is 1. The molecule has 3 saturated heterocycles. The number of piperidine rings is 2. The van der Waals surface area contributed by atoms with E-state index < -0.39 is 22.4 Å². The van der Waals surface area contributed by atoms with Crippen molar-refractivity contribution in [2.45, 2.75) is 70.6 Å². The normalized spacial score (nSPS) is 20.9. The van der Waals surface area contributed by atoms with Crippen molar-refractivity contribution in [1.82, 2.24) is 23.9 Å². The van der Waals surface area contributed by atoms with Crippen LogP contribution >= 0.6 is 0 Å². The first-order valence-electron chi connectivity index (χ1n) is 17.6. The number of nitrogens with zero attached hydrogens (tertiary/aromatic N) is 5. The number of phenolic OH excluding ortho intramolecular Hbond substituents is 1. The average Bonchev–Trinajstić information content (AvgIpc) is 3.27. The molecule has 0 saturated carbocycles. The number of anilines is 1. The lowest BCUT2D eigenvalue weighted by Gasteiger charge is -2.42. The molecule has 272 valence electrons. The summed E-state index contributed by atoms with van der Waals surface area (Å²) < 4.78 is 31.1. The molecule has 50 heavy (non-hydrogen) atoms. The van der Waals surface area contributed by atoms with Crippen molar-refractivity contribution in [2.24, 2.45) is 0 Å². The second-order valence-electron chi connectivity index (χ2n) is 14.0. The maximum absolute atomic E-state index is 14.1. The lowest BCUT2D eigenvalue weighted by atomic mass is 9.98. The minimum Gasteiger partial charge on any atom is -0.507 e. The molecule has 6 rings (SSSR count). The number of piperazine rings is 1. The molecule has 2 aromatic rings. The molecule has 0 spiro atoms. The number of carbonyl (C=O) groups excluding carboxylic acids is 3. The number of quaternary nitrogens is 1. The van der Waals surface area contributed by atoms with E-state index in [1.54, 1.807) is 23.6 Å². The third-order valence-corrected chi connectivity index (χ3v) is 11.9. The number of benzene rings is 2. The molecule has 14 nitrogen and oxygen atoms in total. The Balaban J connectivity index is 1.07. The number of hydrogen-bond acceptors (Lipinski definition) is 8. The van der Waals surface area contributed by atoms with Gasteiger partial charge in [0.15, 0.2) is 6.10 Å². The van der Waals surface area contributed by atoms with Crippen molar-refractivity contribution in [3.63, 3.8) is 0 Å². The van der Waals surface area contributed by atoms with E-state index in [0.717, 1.165) is 36.1 Å². The van der Waals surface area contributed by atoms with E-state index in [2.05, 4.69) is 15.4 Å². The Morgan fingerprint density at radius 3 is 2.14 bits per heavy atom. The number of carbonyl (C=O) groups is 3. The standard InChI is InChI=1S/C35H49N7O7S/c1-24-21-26(22-25(2)32(24)43)23-31(33(44)39-12-8-28(9-13-39)38-17-19-41(20-18-38)50(36,47)48)49-35(46)40-14-10-29(11-15-40)42-16-7-27-5-3-4-6-30(27)37-34(42)45/h3-6,21-22,28-29,31,43H,7-20,23H2,1-2H3,(H,37,45)(H2,36,47,48)/p+1. The molecule has 0 radical (unpaired) electrons. The number of ether oxygens (including phenoxy) is 1. The summed E-state index contributed by atoms with van der Waals surface area (Å²) in [5, 5.41) is 16.6. The van der Waals surface area contributed by atoms with Gasteiger partial charge in [0.2, 0.25) is 0 Å². The molecule has 2 aromatic carbocycles. The van der Waals surface area contributed by atoms with Gasteiger partial charge in [-0.2, -0.15) is 12.7 Å². The highest BCUT2D eigenvalue weighted by atomic mass is 32.2. The summed E-state index contributed by atoms with van der Waals surface area (Å²) in [6.45, 7) is 8.11. The lowest BCUT2D eigenvalue weighted by molar-refractivity contribution is -0.177. The molecular formula is C35H50N7O7S+. The second kappa shape index (κ2) is 15.1. The fourth-order valence-electron chi connectivity index (χ4n) is 7.85. The van der Waals surface area contributed by atoms with Gasteiger partial charge in [0.05, 0.1) is 0 Å². The van der Waals surface area contributed by atoms with Gasteiger partial charge in [-0.3, -0.25) is 9.69 Å². The Bertz CT molecular complexity index is 1660. The highest BCUT2D eigenvalue weighted by molar-refractivity contribution is 7.82. The lowest BCUT2D eigenvalue weighted by Crippen LogP contribution is -2.67. The van der Waals surface area contributed by atoms with Crippen LogP contribution in [0.15, 0.2) is 36.4 Å². The highest BCUT2D eigenvalue weighted by Crippen LogP contribution is 2.27. The van der Waals surface area contributed by atoms with E-state index in [9.17, 15) is 27.9 Å². The Labute approximate surface area is 294 Å². The predicted octanol–water partition coefficient (Wildman–Crippen LogP) is 1.71. The first-order chi connectivity index (χ1) is 23.9. The molecular weight excluding hydrogens is 662 g/mol. The maximum Gasteiger partial charge on any atom is 0.410 e. The van der Waals surface area contributed by atoms with Crippen LogP contribution in [0.5, 0.6) is 5.75 Å². The van der Waals surface area contributed by atoms with Crippen LogP contribution in [0.2, 0.25) is 0 Å². The summed E-state index contributed by atoms with van der Waals surface area (Å²) >= 11 is 0. The smallest absolute Gasteiger partial charge is 0.410 e. The quantitative estimate of drug-likeness (QED) is 0.390. The van der Waals surface area contributed by atoms with Gasteiger partial charge >= 0.3 is 22.3 Å². The van der Waals surface area contributed by atoms with Gasteiger partial charge in [0.1, 0.15) is 5.75 Å². The van der Waals surface area contributed by atoms with Gasteiger partial charge in [-0.15, -0.1) is 0 Å². The maximum atomic E-state index is 14.1. The number of nitrogens with one attached hydrogen (secondary N) is 1. The van der Waals surface area contributed by atoms with Crippen molar-refractivity contribution in [2.75, 3.05) is 64.2 Å². The molecule has 1 unspecified atom stereocenters. The second-order valence-corrected chi connectivity index (χ2v) is 15.7. The van der Waals surface area contributed by atoms with Crippen LogP contribution in [-0.2, 0) is 32.6 Å². The van der Waals surface area contributed by atoms with Crippen molar-refractivity contribution in [3.8, 4) is 5.75 Å². The summed E-state index contributed by atoms with van der Waals surface area (Å²) in [5.74, 6) is -0.0435. The van der Waals surface area contributed by atoms with E-state index >= 15 is 0 Å². The van der Waals surface area contributed by atoms with Gasteiger partial charge in [0, 0.05) is 83.1 Å². The van der Waals surface area contributed by atoms with Crippen molar-refractivity contribution in [3.05, 3.63) is 58.7 Å². The summed E-state index contributed by atoms with van der Waals surface area (Å²) in [6.07, 6.45) is 2.04. The number of phenols is 1. The molecule has 0 bridgehead atoms. The van der Waals surface area contributed by atoms with Crippen LogP contribution in [0.4, 0.5) is 15.3 Å². The number of rotatable bonds is 7. The fraction of sp³-hybridized carbons (Fsp3) is 0.571. The molecule has 4 heterocycles. The SMILES string of the molecule is Cc1cc(CC(OC(=O)N2CCC(N3CCc4ccccc4NC3=O)CC2)C(=O)N2CCC(N3CCN(S([NH3+])(=O)=O)CC3)CC2)cc(C)c1O. The summed E-state index contributed by atoms with van der Waals surface area (Å²) in [7, 11) is -3.46. The van der Waals surface area contributed by atoms with Gasteiger partial charge in [-0.25, -0.2) is 14.7 Å². The third kappa shape index (κ3) is 8.17. The van der Waals surface area contributed by atoms with Crippen LogP contribution in [0, 0.1) is 13.8 Å². The number of aromatic hydroxyl groups is 1. The molecule has 5 N–H and O–H groups in total. The Kier molecular flexibility index (Phi) is 10.9. The van der Waals surface area contributed by atoms with E-state index in [0.29, 0.717) is 82.9 Å². The van der Waals surface area contributed by atoms with Crippen LogP contribution in [0.25, 0.3) is 0 Å². The van der Waals surface area contributed by atoms with Crippen molar-refractivity contribution in [1.29, 1.82) is 0 Å². The topological polar surface area (TPSA) is 171 Å². The predicted molar refractivity (Wildman–Crippen MR) is 187 cm³/mol. The molecule has 4 aliphatic rings. The first-order valence-corrected chi connectivity index (χ1v) is 19.2. The average molecular weight is 713 g/mol. The molecule has 1 atom stereocenters. The summed E-state index contributed by atoms with van der Waals surface area (Å²) in [5.41, 5.74) is 4.11. The van der Waals surface area contributed by atoms with Crippen LogP contribution in [0.3, 0.4) is 0 Å². The van der Waals surface area contributed by atoms with Crippen LogP contribution in [-0.4, -0.2) is 133 Å². The van der Waals surface area contributed by atoms with Crippen LogP contribution in [0.1, 0.15) is 47.9 Å². The van der Waals surface area contributed by atoms with Gasteiger partial charge in [0.25, 0.3) is 5.91 Å². The molecule has 15 heteroatoms. The van der Waals surface area contributed by atoms with Crippen molar-refractivity contribution < 1.29 is 37.8 Å². The largest absolute Gasteiger partial charge is 0.507 e. The number of fused-ring (bicyclic) bond motifs is 1. The molecule has 0 aromatic heterocycles. The zero-order chi connectivity index (χ0) is 35.6. The number of amides is 4. The zero-order valence-corrected chi connectivity index (χ0v) is 29.9. The number of hydrogen-bond donors (Lipinski definition) is 3. The van der Waals surface area contributed by atoms with Gasteiger partial charge in [-0.05, 0) is 74.3 Å². The van der Waals surface area contributed by atoms with Gasteiger partial charge in [-0.1, -0.05) is 30.3 Å². The molecule has 4 amide bonds. The van der Waals surface area contributed by atoms with Crippen LogP contribution < -0.4 is 10.5 Å². The monoisotopic (exact) mass is 712 g/mol. The van der Waals surface area contributed by atoms with E-state index in [-0.39, 0.29) is 36.2 Å². The minimum atomic E-state index is -3.46. The zero-order valence-electron chi connectivity index (χ0n) is 29.1. The first kappa shape index (κ1) is 35.9. The highest BCUT2D eigenvalue weighted by Gasteiger charge is 2.37. The van der Waals surface area contributed by atoms with E-state index in [1.807, 2.05) is 41.3 Å². The Morgan fingerprint density at radius 2 is 1.50 bits per heavy atom. The third-order valence-electron chi connectivity index (χ3n) is 10.8. The molecule has 0 aliphatic carbocycles. The molecule has 3 fully saturated rings. The molecule has 4 aliphatic heterocycles. The fourth-order valence-corrected chi connectivity index (χ4v) is 8.57. The number of urea groups is 1. The van der Waals surface area contributed by atoms with Crippen molar-refractivity contribution >= 4 is 33.9 Å². The summed E-state index contributed by atoms with van der Waals surface area (Å²) in [6, 6.07) is 11.6. The van der Waals surface area contributed by atoms with E-state index in [4.69, 9.17) is 4.74 Å². The van der Waals surface area contributed by atoms with E-state index in [1.165, 1.54) is 4.31 Å². The number of likely N-dealkylation sites (tertiary alicyclic amines) is 2. The summed E-state index contributed by atoms with van der Waals surface area (Å²) in [4.78, 5) is 48.3. The minimum absolute atomic E-state index is 0.0129.